The van der Waals surface area contributed by atoms with E-state index >= 15 is 0 Å². The van der Waals surface area contributed by atoms with E-state index in [4.69, 9.17) is 4.74 Å². The molecule has 2 aromatic carbocycles. The number of carbonyl (C=O) groups excluding carboxylic acids is 1. The first kappa shape index (κ1) is 16.3. The van der Waals surface area contributed by atoms with Crippen molar-refractivity contribution in [3.05, 3.63) is 54.1 Å². The summed E-state index contributed by atoms with van der Waals surface area (Å²) < 4.78 is 32.3. The third kappa shape index (κ3) is 3.86. The van der Waals surface area contributed by atoms with Gasteiger partial charge in [-0.3, -0.25) is 9.52 Å². The Hall–Kier alpha value is -2.54. The Balaban J connectivity index is 1.73. The van der Waals surface area contributed by atoms with Crippen LogP contribution in [0.1, 0.15) is 23.2 Å². The third-order valence-electron chi connectivity index (χ3n) is 3.66. The first-order valence-corrected chi connectivity index (χ1v) is 9.04. The lowest BCUT2D eigenvalue weighted by atomic mass is 10.2. The molecular formula is C17H18N2O4S. The van der Waals surface area contributed by atoms with E-state index in [0.717, 1.165) is 12.8 Å². The van der Waals surface area contributed by atoms with Gasteiger partial charge in [0.15, 0.2) is 0 Å². The van der Waals surface area contributed by atoms with Gasteiger partial charge in [-0.2, -0.15) is 0 Å². The molecule has 1 amide bonds. The van der Waals surface area contributed by atoms with Gasteiger partial charge in [0.05, 0.1) is 12.0 Å². The number of nitrogens with one attached hydrogen (secondary N) is 2. The lowest BCUT2D eigenvalue weighted by Crippen LogP contribution is -2.25. The normalized spacial score (nSPS) is 14.0. The number of sulfonamides is 1. The summed E-state index contributed by atoms with van der Waals surface area (Å²) in [7, 11) is -2.24. The SMILES string of the molecule is COc1cccc(S(=O)(=O)Nc2ccc(C(=O)NC3CC3)cc2)c1. The van der Waals surface area contributed by atoms with Gasteiger partial charge in [-0.15, -0.1) is 0 Å². The van der Waals surface area contributed by atoms with E-state index < -0.39 is 10.0 Å². The highest BCUT2D eigenvalue weighted by atomic mass is 32.2. The monoisotopic (exact) mass is 346 g/mol. The Kier molecular flexibility index (Phi) is 4.44. The predicted molar refractivity (Wildman–Crippen MR) is 90.7 cm³/mol. The van der Waals surface area contributed by atoms with Crippen molar-refractivity contribution in [2.24, 2.45) is 0 Å². The fourth-order valence-electron chi connectivity index (χ4n) is 2.17. The van der Waals surface area contributed by atoms with Gasteiger partial charge < -0.3 is 10.1 Å². The van der Waals surface area contributed by atoms with E-state index in [2.05, 4.69) is 10.0 Å². The van der Waals surface area contributed by atoms with Crippen molar-refractivity contribution >= 4 is 21.6 Å². The minimum atomic E-state index is -3.72. The van der Waals surface area contributed by atoms with Crippen LogP contribution in [0.4, 0.5) is 5.69 Å². The molecule has 1 aliphatic carbocycles. The maximum atomic E-state index is 12.4. The minimum absolute atomic E-state index is 0.109. The third-order valence-corrected chi connectivity index (χ3v) is 5.04. The van der Waals surface area contributed by atoms with Crippen LogP contribution >= 0.6 is 0 Å². The maximum absolute atomic E-state index is 12.4. The molecule has 2 N–H and O–H groups in total. The van der Waals surface area contributed by atoms with E-state index in [0.29, 0.717) is 17.0 Å². The number of amides is 1. The first-order valence-electron chi connectivity index (χ1n) is 7.56. The van der Waals surface area contributed by atoms with Gasteiger partial charge >= 0.3 is 0 Å². The molecular weight excluding hydrogens is 328 g/mol. The second-order valence-corrected chi connectivity index (χ2v) is 7.29. The van der Waals surface area contributed by atoms with Crippen molar-refractivity contribution in [2.45, 2.75) is 23.8 Å². The molecule has 1 saturated carbocycles. The lowest BCUT2D eigenvalue weighted by molar-refractivity contribution is 0.0951. The van der Waals surface area contributed by atoms with Crippen LogP contribution in [0.3, 0.4) is 0 Å². The molecule has 0 atom stereocenters. The summed E-state index contributed by atoms with van der Waals surface area (Å²) in [6, 6.07) is 12.8. The summed E-state index contributed by atoms with van der Waals surface area (Å²) in [5.41, 5.74) is 0.895. The second-order valence-electron chi connectivity index (χ2n) is 5.61. The number of methoxy groups -OCH3 is 1. The Labute approximate surface area is 140 Å². The van der Waals surface area contributed by atoms with Crippen LogP contribution in [0.25, 0.3) is 0 Å². The fraction of sp³-hybridized carbons (Fsp3) is 0.235. The highest BCUT2D eigenvalue weighted by Crippen LogP contribution is 2.22. The zero-order chi connectivity index (χ0) is 17.2. The predicted octanol–water partition coefficient (Wildman–Crippen LogP) is 2.39. The van der Waals surface area contributed by atoms with Gasteiger partial charge in [-0.05, 0) is 49.2 Å². The van der Waals surface area contributed by atoms with Crippen molar-refractivity contribution in [3.8, 4) is 5.75 Å². The Morgan fingerprint density at radius 3 is 2.46 bits per heavy atom. The number of hydrogen-bond acceptors (Lipinski definition) is 4. The molecule has 6 nitrogen and oxygen atoms in total. The summed E-state index contributed by atoms with van der Waals surface area (Å²) >= 11 is 0. The maximum Gasteiger partial charge on any atom is 0.262 e. The zero-order valence-electron chi connectivity index (χ0n) is 13.2. The van der Waals surface area contributed by atoms with Crippen molar-refractivity contribution in [1.82, 2.24) is 5.32 Å². The summed E-state index contributed by atoms with van der Waals surface area (Å²) in [6.45, 7) is 0. The van der Waals surface area contributed by atoms with Crippen LogP contribution in [0.2, 0.25) is 0 Å². The highest BCUT2D eigenvalue weighted by molar-refractivity contribution is 7.92. The molecule has 2 aromatic rings. The molecule has 0 radical (unpaired) electrons. The van der Waals surface area contributed by atoms with Crippen LogP contribution in [-0.2, 0) is 10.0 Å². The summed E-state index contributed by atoms with van der Waals surface area (Å²) in [5.74, 6) is 0.324. The van der Waals surface area contributed by atoms with Gasteiger partial charge in [0, 0.05) is 23.4 Å². The fourth-order valence-corrected chi connectivity index (χ4v) is 3.26. The van der Waals surface area contributed by atoms with Gasteiger partial charge in [-0.25, -0.2) is 8.42 Å². The van der Waals surface area contributed by atoms with Crippen LogP contribution in [0.15, 0.2) is 53.4 Å². The first-order chi connectivity index (χ1) is 11.5. The molecule has 7 heteroatoms. The van der Waals surface area contributed by atoms with Crippen molar-refractivity contribution < 1.29 is 17.9 Å². The Bertz CT molecular complexity index is 843. The van der Waals surface area contributed by atoms with E-state index in [1.807, 2.05) is 0 Å². The number of ether oxygens (including phenoxy) is 1. The topological polar surface area (TPSA) is 84.5 Å². The van der Waals surface area contributed by atoms with Crippen LogP contribution in [-0.4, -0.2) is 27.5 Å². The molecule has 0 aliphatic heterocycles. The standard InChI is InChI=1S/C17H18N2O4S/c1-23-15-3-2-4-16(11-15)24(21,22)19-14-7-5-12(6-8-14)17(20)18-13-9-10-13/h2-8,11,13,19H,9-10H2,1H3,(H,18,20). The van der Waals surface area contributed by atoms with Gasteiger partial charge in [0.1, 0.15) is 5.75 Å². The number of hydrogen-bond donors (Lipinski definition) is 2. The lowest BCUT2D eigenvalue weighted by Gasteiger charge is -2.10. The van der Waals surface area contributed by atoms with E-state index in [1.165, 1.54) is 19.2 Å². The molecule has 0 spiro atoms. The zero-order valence-corrected chi connectivity index (χ0v) is 14.0. The van der Waals surface area contributed by atoms with Crippen molar-refractivity contribution in [3.63, 3.8) is 0 Å². The van der Waals surface area contributed by atoms with E-state index in [1.54, 1.807) is 36.4 Å². The molecule has 24 heavy (non-hydrogen) atoms. The molecule has 0 unspecified atom stereocenters. The van der Waals surface area contributed by atoms with Crippen LogP contribution in [0.5, 0.6) is 5.75 Å². The number of carbonyl (C=O) groups is 1. The van der Waals surface area contributed by atoms with Crippen LogP contribution < -0.4 is 14.8 Å². The molecule has 0 saturated heterocycles. The quantitative estimate of drug-likeness (QED) is 0.841. The molecule has 1 fully saturated rings. The van der Waals surface area contributed by atoms with Crippen LogP contribution in [0, 0.1) is 0 Å². The minimum Gasteiger partial charge on any atom is -0.497 e. The smallest absolute Gasteiger partial charge is 0.262 e. The number of anilines is 1. The Morgan fingerprint density at radius 2 is 1.83 bits per heavy atom. The molecule has 0 bridgehead atoms. The molecule has 126 valence electrons. The Morgan fingerprint density at radius 1 is 1.12 bits per heavy atom. The number of benzene rings is 2. The molecule has 1 aliphatic rings. The number of rotatable bonds is 6. The highest BCUT2D eigenvalue weighted by Gasteiger charge is 2.23. The summed E-state index contributed by atoms with van der Waals surface area (Å²) in [6.07, 6.45) is 2.04. The average Bonchev–Trinajstić information content (AvgIpc) is 3.39. The van der Waals surface area contributed by atoms with Crippen molar-refractivity contribution in [2.75, 3.05) is 11.8 Å². The largest absolute Gasteiger partial charge is 0.497 e. The molecule has 3 rings (SSSR count). The van der Waals surface area contributed by atoms with Gasteiger partial charge in [0.2, 0.25) is 0 Å². The van der Waals surface area contributed by atoms with E-state index in [-0.39, 0.29) is 16.8 Å². The van der Waals surface area contributed by atoms with Gasteiger partial charge in [0.25, 0.3) is 15.9 Å². The summed E-state index contributed by atoms with van der Waals surface area (Å²) in [5, 5.41) is 2.88. The molecule has 0 heterocycles. The summed E-state index contributed by atoms with van der Waals surface area (Å²) in [4.78, 5) is 12.0. The molecule has 0 aromatic heterocycles. The second kappa shape index (κ2) is 6.52. The van der Waals surface area contributed by atoms with E-state index in [9.17, 15) is 13.2 Å². The van der Waals surface area contributed by atoms with Gasteiger partial charge in [-0.1, -0.05) is 6.07 Å². The van der Waals surface area contributed by atoms with Crippen molar-refractivity contribution in [1.29, 1.82) is 0 Å². The average molecular weight is 346 g/mol.